The molecule has 1 N–H and O–H groups in total. The van der Waals surface area contributed by atoms with Crippen LogP contribution >= 0.6 is 11.3 Å². The molecule has 0 unspecified atom stereocenters. The molecule has 1 saturated heterocycles. The van der Waals surface area contributed by atoms with Crippen molar-refractivity contribution >= 4 is 21.8 Å². The maximum absolute atomic E-state index is 5.87. The van der Waals surface area contributed by atoms with Crippen LogP contribution in [0, 0.1) is 0 Å². The summed E-state index contributed by atoms with van der Waals surface area (Å²) >= 11 is 1.61. The lowest BCUT2D eigenvalue weighted by atomic mass is 10.1. The van der Waals surface area contributed by atoms with Crippen LogP contribution in [0.1, 0.15) is 17.8 Å². The zero-order chi connectivity index (χ0) is 12.2. The molecule has 1 fully saturated rings. The van der Waals surface area contributed by atoms with Crippen molar-refractivity contribution in [3.63, 3.8) is 0 Å². The molecular formula is C12H16N4OS. The molecule has 2 aromatic heterocycles. The van der Waals surface area contributed by atoms with E-state index in [2.05, 4.69) is 20.3 Å². The summed E-state index contributed by atoms with van der Waals surface area (Å²) in [6.07, 6.45) is 6.88. The van der Waals surface area contributed by atoms with Gasteiger partial charge in [0.25, 0.3) is 0 Å². The van der Waals surface area contributed by atoms with E-state index in [1.807, 2.05) is 0 Å². The van der Waals surface area contributed by atoms with E-state index in [9.17, 15) is 0 Å². The highest BCUT2D eigenvalue weighted by Gasteiger charge is 2.13. The Labute approximate surface area is 110 Å². The second-order valence-electron chi connectivity index (χ2n) is 4.36. The number of thiazole rings is 1. The highest BCUT2D eigenvalue weighted by molar-refractivity contribution is 7.18. The van der Waals surface area contributed by atoms with E-state index in [1.54, 1.807) is 23.7 Å². The van der Waals surface area contributed by atoms with Gasteiger partial charge < -0.3 is 10.1 Å². The molecule has 0 radical (unpaired) electrons. The Morgan fingerprint density at radius 1 is 1.28 bits per heavy atom. The summed E-state index contributed by atoms with van der Waals surface area (Å²) < 4.78 is 5.87. The lowest BCUT2D eigenvalue weighted by molar-refractivity contribution is 0.0349. The number of hydrogen-bond acceptors (Lipinski definition) is 6. The van der Waals surface area contributed by atoms with Crippen molar-refractivity contribution in [1.29, 1.82) is 0 Å². The molecule has 3 rings (SSSR count). The van der Waals surface area contributed by atoms with Gasteiger partial charge in [-0.05, 0) is 25.9 Å². The number of ether oxygens (including phenoxy) is 1. The minimum Gasteiger partial charge on any atom is -0.378 e. The van der Waals surface area contributed by atoms with E-state index < -0.39 is 0 Å². The molecule has 0 atom stereocenters. The zero-order valence-electron chi connectivity index (χ0n) is 10.1. The van der Waals surface area contributed by atoms with Crippen molar-refractivity contribution in [2.75, 3.05) is 19.7 Å². The zero-order valence-corrected chi connectivity index (χ0v) is 10.9. The monoisotopic (exact) mass is 264 g/mol. The molecule has 5 nitrogen and oxygen atoms in total. The first-order valence-electron chi connectivity index (χ1n) is 6.30. The van der Waals surface area contributed by atoms with Crippen molar-refractivity contribution in [2.24, 2.45) is 0 Å². The summed E-state index contributed by atoms with van der Waals surface area (Å²) in [5, 5.41) is 4.39. The van der Waals surface area contributed by atoms with E-state index in [-0.39, 0.29) is 0 Å². The van der Waals surface area contributed by atoms with Crippen LogP contribution in [0.4, 0.5) is 0 Å². The first-order chi connectivity index (χ1) is 8.92. The molecule has 0 spiro atoms. The fraction of sp³-hybridized carbons (Fsp3) is 0.583. The largest absolute Gasteiger partial charge is 0.378 e. The third kappa shape index (κ3) is 2.82. The Hall–Kier alpha value is -1.11. The molecule has 1 aliphatic heterocycles. The van der Waals surface area contributed by atoms with Gasteiger partial charge in [0.1, 0.15) is 0 Å². The highest BCUT2D eigenvalue weighted by atomic mass is 32.1. The van der Waals surface area contributed by atoms with E-state index in [4.69, 9.17) is 4.74 Å². The van der Waals surface area contributed by atoms with Gasteiger partial charge >= 0.3 is 0 Å². The van der Waals surface area contributed by atoms with Gasteiger partial charge in [-0.25, -0.2) is 15.0 Å². The smallest absolute Gasteiger partial charge is 0.189 e. The lowest BCUT2D eigenvalue weighted by Crippen LogP contribution is -2.32. The number of rotatable bonds is 4. The number of piperidine rings is 1. The van der Waals surface area contributed by atoms with E-state index in [0.29, 0.717) is 6.10 Å². The summed E-state index contributed by atoms with van der Waals surface area (Å²) in [6.45, 7) is 2.88. The van der Waals surface area contributed by atoms with Crippen molar-refractivity contribution < 1.29 is 4.74 Å². The van der Waals surface area contributed by atoms with Crippen LogP contribution in [0.25, 0.3) is 10.5 Å². The van der Waals surface area contributed by atoms with E-state index in [0.717, 1.165) is 54.4 Å². The summed E-state index contributed by atoms with van der Waals surface area (Å²) in [7, 11) is 0. The number of nitrogens with one attached hydrogen (secondary N) is 1. The average Bonchev–Trinajstić information content (AvgIpc) is 2.82. The Balaban J connectivity index is 1.53. The molecule has 0 bridgehead atoms. The third-order valence-electron chi connectivity index (χ3n) is 3.05. The fourth-order valence-electron chi connectivity index (χ4n) is 2.10. The Bertz CT molecular complexity index is 477. The lowest BCUT2D eigenvalue weighted by Gasteiger charge is -2.22. The minimum atomic E-state index is 0.414. The molecule has 3 heterocycles. The molecule has 6 heteroatoms. The van der Waals surface area contributed by atoms with Crippen molar-refractivity contribution in [2.45, 2.75) is 25.4 Å². The van der Waals surface area contributed by atoms with Gasteiger partial charge in [-0.1, -0.05) is 11.3 Å². The highest BCUT2D eigenvalue weighted by Crippen LogP contribution is 2.18. The summed E-state index contributed by atoms with van der Waals surface area (Å²) in [6, 6.07) is 0. The predicted molar refractivity (Wildman–Crippen MR) is 70.8 cm³/mol. The SMILES string of the molecule is c1cnc2sc(CCOC3CCNCC3)nc2n1. The molecule has 0 aliphatic carbocycles. The van der Waals surface area contributed by atoms with Crippen LogP contribution in [-0.2, 0) is 11.2 Å². The molecule has 0 amide bonds. The topological polar surface area (TPSA) is 59.9 Å². The normalized spacial score (nSPS) is 17.3. The van der Waals surface area contributed by atoms with Gasteiger partial charge in [0.2, 0.25) is 0 Å². The maximum atomic E-state index is 5.87. The van der Waals surface area contributed by atoms with Crippen LogP contribution < -0.4 is 5.32 Å². The molecule has 2 aromatic rings. The van der Waals surface area contributed by atoms with E-state index in [1.165, 1.54) is 0 Å². The van der Waals surface area contributed by atoms with Gasteiger partial charge in [0.05, 0.1) is 17.7 Å². The molecule has 1 aliphatic rings. The third-order valence-corrected chi connectivity index (χ3v) is 4.06. The van der Waals surface area contributed by atoms with Gasteiger partial charge in [-0.15, -0.1) is 0 Å². The van der Waals surface area contributed by atoms with Crippen LogP contribution in [0.5, 0.6) is 0 Å². The summed E-state index contributed by atoms with van der Waals surface area (Å²) in [5.41, 5.74) is 0.749. The molecular weight excluding hydrogens is 248 g/mol. The number of hydrogen-bond donors (Lipinski definition) is 1. The Morgan fingerprint density at radius 3 is 2.94 bits per heavy atom. The molecule has 0 saturated carbocycles. The minimum absolute atomic E-state index is 0.414. The first-order valence-corrected chi connectivity index (χ1v) is 7.12. The molecule has 96 valence electrons. The van der Waals surface area contributed by atoms with Gasteiger partial charge in [0.15, 0.2) is 10.5 Å². The number of fused-ring (bicyclic) bond motifs is 1. The van der Waals surface area contributed by atoms with Crippen LogP contribution in [0.2, 0.25) is 0 Å². The van der Waals surface area contributed by atoms with Gasteiger partial charge in [-0.3, -0.25) is 0 Å². The standard InChI is InChI=1S/C12H16N4OS/c1-4-13-5-2-9(1)17-8-3-10-16-11-12(18-10)15-7-6-14-11/h6-7,9,13H,1-5,8H2. The number of aromatic nitrogens is 3. The van der Waals surface area contributed by atoms with Gasteiger partial charge in [0, 0.05) is 18.8 Å². The average molecular weight is 264 g/mol. The van der Waals surface area contributed by atoms with Crippen molar-refractivity contribution in [1.82, 2.24) is 20.3 Å². The van der Waals surface area contributed by atoms with E-state index >= 15 is 0 Å². The second kappa shape index (κ2) is 5.69. The Kier molecular flexibility index (Phi) is 3.78. The quantitative estimate of drug-likeness (QED) is 0.904. The van der Waals surface area contributed by atoms with Crippen molar-refractivity contribution in [3.05, 3.63) is 17.4 Å². The summed E-state index contributed by atoms with van der Waals surface area (Å²) in [4.78, 5) is 13.8. The predicted octanol–water partition coefficient (Wildman–Crippen LogP) is 1.40. The molecule has 0 aromatic carbocycles. The van der Waals surface area contributed by atoms with Crippen LogP contribution in [0.3, 0.4) is 0 Å². The van der Waals surface area contributed by atoms with Crippen LogP contribution in [-0.4, -0.2) is 40.8 Å². The fourth-order valence-corrected chi connectivity index (χ4v) is 2.94. The number of nitrogens with zero attached hydrogens (tertiary/aromatic N) is 3. The first kappa shape index (κ1) is 12.0. The maximum Gasteiger partial charge on any atom is 0.189 e. The Morgan fingerprint density at radius 2 is 2.11 bits per heavy atom. The van der Waals surface area contributed by atoms with Crippen LogP contribution in [0.15, 0.2) is 12.4 Å². The molecule has 18 heavy (non-hydrogen) atoms. The van der Waals surface area contributed by atoms with Crippen molar-refractivity contribution in [3.8, 4) is 0 Å². The second-order valence-corrected chi connectivity index (χ2v) is 5.42. The summed E-state index contributed by atoms with van der Waals surface area (Å²) in [5.74, 6) is 0. The van der Waals surface area contributed by atoms with Gasteiger partial charge in [-0.2, -0.15) is 0 Å².